The third-order valence-electron chi connectivity index (χ3n) is 2.34. The summed E-state index contributed by atoms with van der Waals surface area (Å²) in [5.41, 5.74) is 5.63. The number of methoxy groups -OCH3 is 1. The van der Waals surface area contributed by atoms with Crippen molar-refractivity contribution in [3.05, 3.63) is 48.0 Å². The summed E-state index contributed by atoms with van der Waals surface area (Å²) >= 11 is 0. The second-order valence-corrected chi connectivity index (χ2v) is 3.83. The normalized spacial score (nSPS) is 10.1. The zero-order valence-corrected chi connectivity index (χ0v) is 9.76. The van der Waals surface area contributed by atoms with Gasteiger partial charge in [-0.1, -0.05) is 42.5 Å². The molecule has 80 valence electrons. The zero-order chi connectivity index (χ0) is 11.4. The van der Waals surface area contributed by atoms with Crippen LogP contribution in [0.5, 0.6) is 0 Å². The number of ether oxygens (including phenoxy) is 1. The van der Waals surface area contributed by atoms with Crippen molar-refractivity contribution in [1.29, 1.82) is 0 Å². The Balaban J connectivity index is 3.34. The molecule has 1 rings (SSSR count). The van der Waals surface area contributed by atoms with Crippen LogP contribution in [-0.4, -0.2) is 7.11 Å². The van der Waals surface area contributed by atoms with Gasteiger partial charge in [0.25, 0.3) is 0 Å². The van der Waals surface area contributed by atoms with Gasteiger partial charge in [0.2, 0.25) is 0 Å². The topological polar surface area (TPSA) is 9.23 Å². The van der Waals surface area contributed by atoms with Crippen molar-refractivity contribution in [2.75, 3.05) is 7.11 Å². The lowest BCUT2D eigenvalue weighted by Gasteiger charge is -2.14. The predicted molar refractivity (Wildman–Crippen MR) is 66.6 cm³/mol. The minimum atomic E-state index is 0.614. The Morgan fingerprint density at radius 3 is 2.33 bits per heavy atom. The second kappa shape index (κ2) is 4.94. The molecule has 1 heteroatoms. The molecular weight excluding hydrogens is 184 g/mol. The van der Waals surface area contributed by atoms with Crippen molar-refractivity contribution in [1.82, 2.24) is 0 Å². The van der Waals surface area contributed by atoms with E-state index >= 15 is 0 Å². The summed E-state index contributed by atoms with van der Waals surface area (Å²) in [6.45, 7) is 12.6. The molecule has 0 aliphatic rings. The van der Waals surface area contributed by atoms with Gasteiger partial charge in [-0.05, 0) is 30.5 Å². The monoisotopic (exact) mass is 202 g/mol. The molecule has 1 nitrogen and oxygen atoms in total. The summed E-state index contributed by atoms with van der Waals surface area (Å²) in [6, 6.07) is 6.18. The van der Waals surface area contributed by atoms with E-state index in [1.807, 2.05) is 19.9 Å². The van der Waals surface area contributed by atoms with Crippen LogP contribution in [0, 0.1) is 0 Å². The van der Waals surface area contributed by atoms with Crippen LogP contribution in [0.2, 0.25) is 0 Å². The van der Waals surface area contributed by atoms with Gasteiger partial charge in [0.1, 0.15) is 0 Å². The van der Waals surface area contributed by atoms with Crippen molar-refractivity contribution >= 4 is 11.1 Å². The Labute approximate surface area is 92.1 Å². The molecule has 0 aromatic heterocycles. The molecule has 1 aromatic carbocycles. The van der Waals surface area contributed by atoms with Crippen LogP contribution in [0.4, 0.5) is 0 Å². The highest BCUT2D eigenvalue weighted by Gasteiger charge is 2.08. The molecule has 0 atom stereocenters. The molecule has 0 bridgehead atoms. The molecule has 1 aromatic rings. The Hall–Kier alpha value is -1.34. The maximum atomic E-state index is 5.18. The lowest BCUT2D eigenvalue weighted by Crippen LogP contribution is -1.98. The molecule has 0 fully saturated rings. The molecule has 0 amide bonds. The molecule has 0 aliphatic carbocycles. The third kappa shape index (κ3) is 2.57. The Morgan fingerprint density at radius 1 is 1.20 bits per heavy atom. The van der Waals surface area contributed by atoms with E-state index in [1.165, 1.54) is 11.1 Å². The van der Waals surface area contributed by atoms with Gasteiger partial charge in [-0.25, -0.2) is 0 Å². The highest BCUT2D eigenvalue weighted by atomic mass is 16.5. The Kier molecular flexibility index (Phi) is 3.87. The van der Waals surface area contributed by atoms with Crippen molar-refractivity contribution in [3.8, 4) is 0 Å². The van der Waals surface area contributed by atoms with Crippen LogP contribution in [-0.2, 0) is 11.3 Å². The van der Waals surface area contributed by atoms with E-state index in [0.29, 0.717) is 6.61 Å². The van der Waals surface area contributed by atoms with Gasteiger partial charge < -0.3 is 4.74 Å². The molecule has 0 saturated heterocycles. The minimum absolute atomic E-state index is 0.614. The van der Waals surface area contributed by atoms with Gasteiger partial charge in [-0.3, -0.25) is 0 Å². The first-order valence-corrected chi connectivity index (χ1v) is 5.00. The summed E-state index contributed by atoms with van der Waals surface area (Å²) in [6.07, 6.45) is 0. The fourth-order valence-electron chi connectivity index (χ4n) is 1.74. The van der Waals surface area contributed by atoms with Gasteiger partial charge in [-0.15, -0.1) is 0 Å². The number of rotatable bonds is 4. The second-order valence-electron chi connectivity index (χ2n) is 3.83. The first-order valence-electron chi connectivity index (χ1n) is 5.00. The molecule has 0 radical (unpaired) electrons. The Morgan fingerprint density at radius 2 is 1.87 bits per heavy atom. The molecule has 0 N–H and O–H groups in total. The molecule has 0 aliphatic heterocycles. The van der Waals surface area contributed by atoms with Gasteiger partial charge in [0.05, 0.1) is 6.61 Å². The largest absolute Gasteiger partial charge is 0.380 e. The zero-order valence-electron chi connectivity index (χ0n) is 9.76. The van der Waals surface area contributed by atoms with Gasteiger partial charge in [0.15, 0.2) is 0 Å². The molecule has 0 heterocycles. The molecule has 0 spiro atoms. The smallest absolute Gasteiger partial charge is 0.0719 e. The van der Waals surface area contributed by atoms with Gasteiger partial charge in [0, 0.05) is 7.11 Å². The van der Waals surface area contributed by atoms with Crippen LogP contribution in [0.15, 0.2) is 31.4 Å². The van der Waals surface area contributed by atoms with Crippen molar-refractivity contribution in [2.45, 2.75) is 20.5 Å². The van der Waals surface area contributed by atoms with E-state index in [1.54, 1.807) is 7.11 Å². The van der Waals surface area contributed by atoms with Gasteiger partial charge in [-0.2, -0.15) is 0 Å². The van der Waals surface area contributed by atoms with Crippen LogP contribution in [0.1, 0.15) is 30.5 Å². The molecular formula is C14H18O. The number of hydrogen-bond acceptors (Lipinski definition) is 1. The van der Waals surface area contributed by atoms with Crippen molar-refractivity contribution in [2.24, 2.45) is 0 Å². The van der Waals surface area contributed by atoms with E-state index in [-0.39, 0.29) is 0 Å². The third-order valence-corrected chi connectivity index (χ3v) is 2.34. The van der Waals surface area contributed by atoms with Crippen LogP contribution in [0.25, 0.3) is 11.1 Å². The number of allylic oxidation sites excluding steroid dienone is 2. The summed E-state index contributed by atoms with van der Waals surface area (Å²) < 4.78 is 5.18. The number of benzene rings is 1. The minimum Gasteiger partial charge on any atom is -0.380 e. The van der Waals surface area contributed by atoms with Crippen LogP contribution in [0.3, 0.4) is 0 Å². The molecule has 0 unspecified atom stereocenters. The average Bonchev–Trinajstić information content (AvgIpc) is 2.17. The van der Waals surface area contributed by atoms with E-state index in [4.69, 9.17) is 4.74 Å². The molecule has 15 heavy (non-hydrogen) atoms. The van der Waals surface area contributed by atoms with Crippen molar-refractivity contribution < 1.29 is 4.74 Å². The highest BCUT2D eigenvalue weighted by Crippen LogP contribution is 2.27. The SMILES string of the molecule is C=C(C)c1cccc(COC)c1C(=C)C. The predicted octanol–water partition coefficient (Wildman–Crippen LogP) is 3.90. The lowest BCUT2D eigenvalue weighted by molar-refractivity contribution is 0.184. The maximum absolute atomic E-state index is 5.18. The summed E-state index contributed by atoms with van der Waals surface area (Å²) in [4.78, 5) is 0. The number of hydrogen-bond donors (Lipinski definition) is 0. The van der Waals surface area contributed by atoms with E-state index in [2.05, 4.69) is 25.3 Å². The first-order chi connectivity index (χ1) is 7.07. The summed E-state index contributed by atoms with van der Waals surface area (Å²) in [5, 5.41) is 0. The average molecular weight is 202 g/mol. The van der Waals surface area contributed by atoms with Crippen LogP contribution >= 0.6 is 0 Å². The fourth-order valence-corrected chi connectivity index (χ4v) is 1.74. The Bertz CT molecular complexity index is 388. The maximum Gasteiger partial charge on any atom is 0.0719 e. The van der Waals surface area contributed by atoms with E-state index in [0.717, 1.165) is 16.7 Å². The highest BCUT2D eigenvalue weighted by molar-refractivity contribution is 5.78. The summed E-state index contributed by atoms with van der Waals surface area (Å²) in [7, 11) is 1.70. The molecule has 0 saturated carbocycles. The standard InChI is InChI=1S/C14H18O/c1-10(2)13-8-6-7-12(9-15-5)14(13)11(3)4/h6-8H,1,3,9H2,2,4-5H3. The summed E-state index contributed by atoms with van der Waals surface area (Å²) in [5.74, 6) is 0. The quantitative estimate of drug-likeness (QED) is 0.719. The van der Waals surface area contributed by atoms with Crippen LogP contribution < -0.4 is 0 Å². The first kappa shape index (κ1) is 11.7. The van der Waals surface area contributed by atoms with Crippen molar-refractivity contribution in [3.63, 3.8) is 0 Å². The van der Waals surface area contributed by atoms with E-state index in [9.17, 15) is 0 Å². The van der Waals surface area contributed by atoms with E-state index < -0.39 is 0 Å². The van der Waals surface area contributed by atoms with Gasteiger partial charge >= 0.3 is 0 Å². The fraction of sp³-hybridized carbons (Fsp3) is 0.286. The lowest BCUT2D eigenvalue weighted by atomic mass is 9.93.